The monoisotopic (exact) mass is 405 g/mol. The van der Waals surface area contributed by atoms with Crippen LogP contribution in [0.5, 0.6) is 5.75 Å². The SMILES string of the molecule is C=CCn1c(SCC(=O)c2cc3ccccc3o2)nnc1-c1ccccc1OC. The first-order valence-corrected chi connectivity index (χ1v) is 10.0. The molecule has 2 aromatic carbocycles. The zero-order valence-electron chi connectivity index (χ0n) is 15.9. The molecule has 4 aromatic rings. The van der Waals surface area contributed by atoms with Crippen LogP contribution in [-0.2, 0) is 6.54 Å². The third-order valence-electron chi connectivity index (χ3n) is 4.41. The third-order valence-corrected chi connectivity index (χ3v) is 5.38. The van der Waals surface area contributed by atoms with Gasteiger partial charge in [-0.1, -0.05) is 48.2 Å². The molecule has 7 heteroatoms. The number of ether oxygens (including phenoxy) is 1. The van der Waals surface area contributed by atoms with Gasteiger partial charge in [-0.2, -0.15) is 0 Å². The molecule has 0 unspecified atom stereocenters. The van der Waals surface area contributed by atoms with Crippen molar-refractivity contribution >= 4 is 28.5 Å². The number of rotatable bonds is 8. The van der Waals surface area contributed by atoms with E-state index in [-0.39, 0.29) is 11.5 Å². The molecule has 0 saturated heterocycles. The first-order chi connectivity index (χ1) is 14.2. The summed E-state index contributed by atoms with van der Waals surface area (Å²) >= 11 is 1.32. The second kappa shape index (κ2) is 8.36. The van der Waals surface area contributed by atoms with E-state index in [2.05, 4.69) is 16.8 Å². The Bertz CT molecular complexity index is 1150. The summed E-state index contributed by atoms with van der Waals surface area (Å²) in [6, 6.07) is 17.0. The lowest BCUT2D eigenvalue weighted by Gasteiger charge is -2.10. The highest BCUT2D eigenvalue weighted by atomic mass is 32.2. The minimum absolute atomic E-state index is 0.0989. The zero-order valence-corrected chi connectivity index (χ0v) is 16.7. The molecule has 0 spiro atoms. The van der Waals surface area contributed by atoms with Gasteiger partial charge in [-0.3, -0.25) is 9.36 Å². The summed E-state index contributed by atoms with van der Waals surface area (Å²) in [6.07, 6.45) is 1.77. The Morgan fingerprint density at radius 2 is 2.00 bits per heavy atom. The summed E-state index contributed by atoms with van der Waals surface area (Å²) in [6.45, 7) is 4.34. The minimum Gasteiger partial charge on any atom is -0.496 e. The molecule has 0 aliphatic rings. The Kier molecular flexibility index (Phi) is 5.48. The predicted octanol–water partition coefficient (Wildman–Crippen LogP) is 4.86. The van der Waals surface area contributed by atoms with Crippen LogP contribution >= 0.6 is 11.8 Å². The predicted molar refractivity (Wildman–Crippen MR) is 113 cm³/mol. The fourth-order valence-electron chi connectivity index (χ4n) is 3.04. The number of fused-ring (bicyclic) bond motifs is 1. The number of allylic oxidation sites excluding steroid dienone is 1. The van der Waals surface area contributed by atoms with Crippen molar-refractivity contribution in [3.63, 3.8) is 0 Å². The number of furan rings is 1. The molecule has 0 amide bonds. The molecule has 0 atom stereocenters. The van der Waals surface area contributed by atoms with Crippen LogP contribution in [-0.4, -0.2) is 33.4 Å². The number of para-hydroxylation sites is 2. The van der Waals surface area contributed by atoms with E-state index >= 15 is 0 Å². The number of hydrogen-bond acceptors (Lipinski definition) is 6. The molecule has 6 nitrogen and oxygen atoms in total. The fraction of sp³-hybridized carbons (Fsp3) is 0.136. The molecule has 2 aromatic heterocycles. The highest BCUT2D eigenvalue weighted by Crippen LogP contribution is 2.31. The number of carbonyl (C=O) groups excluding carboxylic acids is 1. The number of nitrogens with zero attached hydrogens (tertiary/aromatic N) is 3. The zero-order chi connectivity index (χ0) is 20.2. The summed E-state index contributed by atoms with van der Waals surface area (Å²) in [5.74, 6) is 1.82. The molecule has 0 saturated carbocycles. The quantitative estimate of drug-likeness (QED) is 0.237. The van der Waals surface area contributed by atoms with Gasteiger partial charge in [0.05, 0.1) is 18.4 Å². The van der Waals surface area contributed by atoms with Gasteiger partial charge < -0.3 is 9.15 Å². The fourth-order valence-corrected chi connectivity index (χ4v) is 3.86. The van der Waals surface area contributed by atoms with Crippen LogP contribution in [0.4, 0.5) is 0 Å². The first-order valence-electron chi connectivity index (χ1n) is 9.03. The third kappa shape index (κ3) is 3.82. The van der Waals surface area contributed by atoms with Crippen LogP contribution in [0, 0.1) is 0 Å². The second-order valence-corrected chi connectivity index (χ2v) is 7.21. The largest absolute Gasteiger partial charge is 0.496 e. The van der Waals surface area contributed by atoms with Crippen LogP contribution < -0.4 is 4.74 Å². The maximum Gasteiger partial charge on any atom is 0.208 e. The molecule has 2 heterocycles. The van der Waals surface area contributed by atoms with E-state index in [9.17, 15) is 4.79 Å². The molecular formula is C22H19N3O3S. The molecule has 29 heavy (non-hydrogen) atoms. The first kappa shape index (κ1) is 19.0. The Morgan fingerprint density at radius 1 is 1.21 bits per heavy atom. The molecule has 0 radical (unpaired) electrons. The summed E-state index contributed by atoms with van der Waals surface area (Å²) in [5.41, 5.74) is 1.54. The number of methoxy groups -OCH3 is 1. The molecule has 146 valence electrons. The van der Waals surface area contributed by atoms with Gasteiger partial charge in [0, 0.05) is 11.9 Å². The Balaban J connectivity index is 1.58. The van der Waals surface area contributed by atoms with Crippen molar-refractivity contribution in [2.75, 3.05) is 12.9 Å². The molecule has 0 bridgehead atoms. The second-order valence-electron chi connectivity index (χ2n) is 6.27. The maximum atomic E-state index is 12.6. The van der Waals surface area contributed by atoms with E-state index in [1.165, 1.54) is 11.8 Å². The number of Topliss-reactive ketones (excluding diaryl/α,β-unsaturated/α-hetero) is 1. The van der Waals surface area contributed by atoms with Crippen molar-refractivity contribution in [3.05, 3.63) is 73.0 Å². The molecule has 0 aliphatic carbocycles. The van der Waals surface area contributed by atoms with Gasteiger partial charge in [-0.15, -0.1) is 16.8 Å². The highest BCUT2D eigenvalue weighted by Gasteiger charge is 2.19. The number of thioether (sulfide) groups is 1. The van der Waals surface area contributed by atoms with Gasteiger partial charge in [0.2, 0.25) is 5.78 Å². The van der Waals surface area contributed by atoms with Crippen LogP contribution in [0.3, 0.4) is 0 Å². The average Bonchev–Trinajstić information content (AvgIpc) is 3.36. The van der Waals surface area contributed by atoms with E-state index in [0.29, 0.717) is 34.6 Å². The molecule has 0 aliphatic heterocycles. The Morgan fingerprint density at radius 3 is 2.79 bits per heavy atom. The van der Waals surface area contributed by atoms with Gasteiger partial charge in [0.1, 0.15) is 11.3 Å². The smallest absolute Gasteiger partial charge is 0.208 e. The van der Waals surface area contributed by atoms with Gasteiger partial charge in [-0.25, -0.2) is 0 Å². The van der Waals surface area contributed by atoms with Crippen LogP contribution in [0.2, 0.25) is 0 Å². The topological polar surface area (TPSA) is 70.2 Å². The van der Waals surface area contributed by atoms with E-state index in [1.807, 2.05) is 53.1 Å². The van der Waals surface area contributed by atoms with E-state index in [1.54, 1.807) is 19.3 Å². The Labute approximate surface area is 172 Å². The van der Waals surface area contributed by atoms with Crippen molar-refractivity contribution in [1.82, 2.24) is 14.8 Å². The van der Waals surface area contributed by atoms with Gasteiger partial charge in [-0.05, 0) is 24.3 Å². The Hall–Kier alpha value is -3.32. The van der Waals surface area contributed by atoms with Crippen molar-refractivity contribution in [2.45, 2.75) is 11.7 Å². The summed E-state index contributed by atoms with van der Waals surface area (Å²) in [5, 5.41) is 10.2. The number of benzene rings is 2. The van der Waals surface area contributed by atoms with Gasteiger partial charge in [0.25, 0.3) is 0 Å². The highest BCUT2D eigenvalue weighted by molar-refractivity contribution is 7.99. The van der Waals surface area contributed by atoms with E-state index < -0.39 is 0 Å². The van der Waals surface area contributed by atoms with E-state index in [0.717, 1.165) is 10.9 Å². The van der Waals surface area contributed by atoms with Crippen LogP contribution in [0.25, 0.3) is 22.4 Å². The standard InChI is InChI=1S/C22H19N3O3S/c1-3-12-25-21(16-9-5-7-11-19(16)27-2)23-24-22(25)29-14-17(26)20-13-15-8-4-6-10-18(15)28-20/h3-11,13H,1,12,14H2,2H3. The number of carbonyl (C=O) groups is 1. The lowest BCUT2D eigenvalue weighted by molar-refractivity contribution is 0.0994. The van der Waals surface area contributed by atoms with Gasteiger partial charge >= 0.3 is 0 Å². The van der Waals surface area contributed by atoms with Crippen LogP contribution in [0.15, 0.2) is 76.8 Å². The van der Waals surface area contributed by atoms with E-state index in [4.69, 9.17) is 9.15 Å². The number of aromatic nitrogens is 3. The summed E-state index contributed by atoms with van der Waals surface area (Å²) < 4.78 is 13.0. The number of hydrogen-bond donors (Lipinski definition) is 0. The van der Waals surface area contributed by atoms with Crippen LogP contribution in [0.1, 0.15) is 10.6 Å². The minimum atomic E-state index is -0.0989. The number of ketones is 1. The average molecular weight is 405 g/mol. The molecule has 4 rings (SSSR count). The summed E-state index contributed by atoms with van der Waals surface area (Å²) in [4.78, 5) is 12.6. The lowest BCUT2D eigenvalue weighted by atomic mass is 10.2. The van der Waals surface area contributed by atoms with Crippen molar-refractivity contribution < 1.29 is 13.9 Å². The van der Waals surface area contributed by atoms with Crippen molar-refractivity contribution in [2.24, 2.45) is 0 Å². The molecule has 0 N–H and O–H groups in total. The molecule has 0 fully saturated rings. The normalized spacial score (nSPS) is 10.9. The van der Waals surface area contributed by atoms with Crippen molar-refractivity contribution in [1.29, 1.82) is 0 Å². The molecular weight excluding hydrogens is 386 g/mol. The lowest BCUT2D eigenvalue weighted by Crippen LogP contribution is -2.05. The van der Waals surface area contributed by atoms with Gasteiger partial charge in [0.15, 0.2) is 16.7 Å². The summed E-state index contributed by atoms with van der Waals surface area (Å²) in [7, 11) is 1.62. The van der Waals surface area contributed by atoms with Crippen molar-refractivity contribution in [3.8, 4) is 17.1 Å². The maximum absolute atomic E-state index is 12.6.